The Bertz CT molecular complexity index is 1070. The fourth-order valence-corrected chi connectivity index (χ4v) is 4.23. The molecule has 1 aliphatic heterocycles. The predicted molar refractivity (Wildman–Crippen MR) is 105 cm³/mol. The summed E-state index contributed by atoms with van der Waals surface area (Å²) >= 11 is 0. The van der Waals surface area contributed by atoms with Crippen LogP contribution in [0, 0.1) is 0 Å². The Morgan fingerprint density at radius 3 is 2.92 bits per heavy atom. The number of nitrogens with one attached hydrogen (secondary N) is 2. The molecule has 4 heterocycles. The summed E-state index contributed by atoms with van der Waals surface area (Å²) in [4.78, 5) is 12.4. The van der Waals surface area contributed by atoms with E-state index in [4.69, 9.17) is 0 Å². The van der Waals surface area contributed by atoms with E-state index in [9.17, 15) is 0 Å². The van der Waals surface area contributed by atoms with Gasteiger partial charge in [-0.3, -0.25) is 4.40 Å². The van der Waals surface area contributed by atoms with Crippen LogP contribution >= 0.6 is 0 Å². The monoisotopic (exact) mass is 345 g/mol. The number of benzene rings is 1. The predicted octanol–water partition coefficient (Wildman–Crippen LogP) is 3.91. The number of piperidine rings is 1. The van der Waals surface area contributed by atoms with Crippen LogP contribution in [-0.2, 0) is 6.42 Å². The quantitative estimate of drug-likeness (QED) is 0.592. The second-order valence-electron chi connectivity index (χ2n) is 7.14. The second-order valence-corrected chi connectivity index (χ2v) is 7.14. The molecule has 0 amide bonds. The zero-order valence-corrected chi connectivity index (χ0v) is 15.0. The lowest BCUT2D eigenvalue weighted by atomic mass is 9.89. The van der Waals surface area contributed by atoms with Crippen LogP contribution in [0.25, 0.3) is 27.9 Å². The summed E-state index contributed by atoms with van der Waals surface area (Å²) in [7, 11) is 0. The van der Waals surface area contributed by atoms with Crippen molar-refractivity contribution in [3.05, 3.63) is 54.1 Å². The summed E-state index contributed by atoms with van der Waals surface area (Å²) in [6.45, 7) is 4.48. The lowest BCUT2D eigenvalue weighted by Crippen LogP contribution is -2.26. The van der Waals surface area contributed by atoms with Crippen LogP contribution in [-0.4, -0.2) is 32.4 Å². The van der Waals surface area contributed by atoms with Crippen molar-refractivity contribution in [2.75, 3.05) is 13.1 Å². The van der Waals surface area contributed by atoms with Gasteiger partial charge in [0.05, 0.1) is 5.69 Å². The maximum Gasteiger partial charge on any atom is 0.233 e. The fraction of sp³-hybridized carbons (Fsp3) is 0.333. The molecule has 0 spiro atoms. The highest BCUT2D eigenvalue weighted by molar-refractivity contribution is 5.91. The highest BCUT2D eigenvalue weighted by Gasteiger charge is 2.18. The molecule has 3 aromatic heterocycles. The average molecular weight is 345 g/mol. The smallest absolute Gasteiger partial charge is 0.233 e. The first-order chi connectivity index (χ1) is 12.8. The van der Waals surface area contributed by atoms with Crippen LogP contribution in [0.2, 0.25) is 0 Å². The lowest BCUT2D eigenvalue weighted by molar-refractivity contribution is 0.460. The maximum atomic E-state index is 4.48. The maximum absolute atomic E-state index is 4.48. The minimum Gasteiger partial charge on any atom is -0.354 e. The molecular weight excluding hydrogens is 322 g/mol. The van der Waals surface area contributed by atoms with Crippen molar-refractivity contribution in [3.63, 3.8) is 0 Å². The highest BCUT2D eigenvalue weighted by atomic mass is 15.1. The van der Waals surface area contributed by atoms with Crippen LogP contribution in [0.15, 0.2) is 43.0 Å². The van der Waals surface area contributed by atoms with Gasteiger partial charge in [0.1, 0.15) is 0 Å². The third-order valence-corrected chi connectivity index (χ3v) is 5.63. The van der Waals surface area contributed by atoms with Gasteiger partial charge in [-0.15, -0.1) is 0 Å². The van der Waals surface area contributed by atoms with Crippen molar-refractivity contribution in [1.29, 1.82) is 0 Å². The summed E-state index contributed by atoms with van der Waals surface area (Å²) in [5.74, 6) is 1.41. The molecule has 1 aliphatic rings. The molecule has 0 radical (unpaired) electrons. The third kappa shape index (κ3) is 2.51. The Balaban J connectivity index is 1.63. The first-order valence-electron chi connectivity index (χ1n) is 9.48. The summed E-state index contributed by atoms with van der Waals surface area (Å²) in [6.07, 6.45) is 11.2. The van der Waals surface area contributed by atoms with Gasteiger partial charge in [-0.05, 0) is 61.5 Å². The van der Waals surface area contributed by atoms with E-state index in [1.165, 1.54) is 40.6 Å². The molecule has 1 saturated heterocycles. The van der Waals surface area contributed by atoms with Crippen molar-refractivity contribution in [2.45, 2.75) is 32.1 Å². The molecule has 5 rings (SSSR count). The molecule has 5 heteroatoms. The van der Waals surface area contributed by atoms with E-state index in [1.54, 1.807) is 6.20 Å². The molecule has 0 atom stereocenters. The first-order valence-corrected chi connectivity index (χ1v) is 9.48. The molecule has 26 heavy (non-hydrogen) atoms. The van der Waals surface area contributed by atoms with Crippen LogP contribution in [0.4, 0.5) is 0 Å². The standard InChI is InChI=1S/C21H23N5/c1-2-17-18-11-15(14-5-7-22-8-6-14)3-4-19(18)25-20(17)16-12-24-21-23-9-10-26(21)13-16/h3-4,9-14,22,25H,2,5-8H2,1H3. The number of aromatic amines is 1. The number of imidazole rings is 1. The van der Waals surface area contributed by atoms with E-state index >= 15 is 0 Å². The van der Waals surface area contributed by atoms with Gasteiger partial charge in [-0.2, -0.15) is 0 Å². The van der Waals surface area contributed by atoms with E-state index in [0.717, 1.165) is 30.9 Å². The van der Waals surface area contributed by atoms with Crippen LogP contribution < -0.4 is 5.32 Å². The number of fused-ring (bicyclic) bond motifs is 2. The van der Waals surface area contributed by atoms with Gasteiger partial charge in [0.15, 0.2) is 0 Å². The van der Waals surface area contributed by atoms with Crippen molar-refractivity contribution in [1.82, 2.24) is 24.7 Å². The fourth-order valence-electron chi connectivity index (χ4n) is 4.23. The summed E-state index contributed by atoms with van der Waals surface area (Å²) in [6, 6.07) is 6.96. The SMILES string of the molecule is CCc1c(-c2cnc3nccn3c2)[nH]c2ccc(C3CCNCC3)cc12. The van der Waals surface area contributed by atoms with Gasteiger partial charge >= 0.3 is 0 Å². The molecule has 132 valence electrons. The zero-order chi connectivity index (χ0) is 17.5. The van der Waals surface area contributed by atoms with E-state index in [-0.39, 0.29) is 0 Å². The van der Waals surface area contributed by atoms with Gasteiger partial charge < -0.3 is 10.3 Å². The van der Waals surface area contributed by atoms with E-state index in [0.29, 0.717) is 5.92 Å². The Hall–Kier alpha value is -2.66. The Morgan fingerprint density at radius 1 is 1.19 bits per heavy atom. The van der Waals surface area contributed by atoms with Gasteiger partial charge in [-0.25, -0.2) is 9.97 Å². The average Bonchev–Trinajstić information content (AvgIpc) is 3.31. The molecule has 4 aromatic rings. The lowest BCUT2D eigenvalue weighted by Gasteiger charge is -2.23. The van der Waals surface area contributed by atoms with Gasteiger partial charge in [0, 0.05) is 41.3 Å². The first kappa shape index (κ1) is 15.6. The van der Waals surface area contributed by atoms with E-state index in [1.807, 2.05) is 16.8 Å². The van der Waals surface area contributed by atoms with Gasteiger partial charge in [0.2, 0.25) is 5.78 Å². The minimum absolute atomic E-state index is 0.674. The largest absolute Gasteiger partial charge is 0.354 e. The van der Waals surface area contributed by atoms with Gasteiger partial charge in [-0.1, -0.05) is 13.0 Å². The normalized spacial score (nSPS) is 15.9. The third-order valence-electron chi connectivity index (χ3n) is 5.63. The number of H-pyrrole nitrogens is 1. The minimum atomic E-state index is 0.674. The van der Waals surface area contributed by atoms with Crippen LogP contribution in [0.5, 0.6) is 0 Å². The Labute approximate surface area is 152 Å². The van der Waals surface area contributed by atoms with E-state index < -0.39 is 0 Å². The number of hydrogen-bond acceptors (Lipinski definition) is 3. The molecule has 2 N–H and O–H groups in total. The van der Waals surface area contributed by atoms with Crippen molar-refractivity contribution in [2.24, 2.45) is 0 Å². The number of hydrogen-bond donors (Lipinski definition) is 2. The Morgan fingerprint density at radius 2 is 2.08 bits per heavy atom. The molecule has 1 aromatic carbocycles. The molecule has 0 aliphatic carbocycles. The number of aromatic nitrogens is 4. The van der Waals surface area contributed by atoms with E-state index in [2.05, 4.69) is 51.6 Å². The molecule has 0 bridgehead atoms. The molecule has 1 fully saturated rings. The summed E-state index contributed by atoms with van der Waals surface area (Å²) in [5.41, 5.74) is 6.33. The summed E-state index contributed by atoms with van der Waals surface area (Å²) in [5, 5.41) is 4.81. The number of rotatable bonds is 3. The molecular formula is C21H23N5. The summed E-state index contributed by atoms with van der Waals surface area (Å²) < 4.78 is 1.97. The van der Waals surface area contributed by atoms with Crippen molar-refractivity contribution in [3.8, 4) is 11.3 Å². The topological polar surface area (TPSA) is 58.0 Å². The zero-order valence-electron chi connectivity index (χ0n) is 15.0. The second kappa shape index (κ2) is 6.25. The van der Waals surface area contributed by atoms with Crippen LogP contribution in [0.3, 0.4) is 0 Å². The van der Waals surface area contributed by atoms with Gasteiger partial charge in [0.25, 0.3) is 0 Å². The van der Waals surface area contributed by atoms with Crippen molar-refractivity contribution < 1.29 is 0 Å². The highest BCUT2D eigenvalue weighted by Crippen LogP contribution is 2.34. The number of aryl methyl sites for hydroxylation is 1. The van der Waals surface area contributed by atoms with Crippen LogP contribution in [0.1, 0.15) is 36.8 Å². The molecule has 0 saturated carbocycles. The molecule has 5 nitrogen and oxygen atoms in total. The number of nitrogens with zero attached hydrogens (tertiary/aromatic N) is 3. The van der Waals surface area contributed by atoms with Crippen molar-refractivity contribution >= 4 is 16.7 Å². The molecule has 0 unspecified atom stereocenters. The Kier molecular flexibility index (Phi) is 3.75.